The Morgan fingerprint density at radius 1 is 1.37 bits per heavy atom. The first-order valence-electron chi connectivity index (χ1n) is 6.56. The van der Waals surface area contributed by atoms with E-state index in [0.29, 0.717) is 11.4 Å². The Morgan fingerprint density at radius 2 is 2.32 bits per heavy atom. The Labute approximate surface area is 111 Å². The van der Waals surface area contributed by atoms with Crippen molar-refractivity contribution in [1.82, 2.24) is 19.7 Å². The normalized spacial score (nSPS) is 15.6. The van der Waals surface area contributed by atoms with E-state index in [9.17, 15) is 5.26 Å². The third-order valence-corrected chi connectivity index (χ3v) is 3.39. The largest absolute Gasteiger partial charge is 0.362 e. The number of nitriles is 1. The highest BCUT2D eigenvalue weighted by Crippen LogP contribution is 2.20. The molecule has 1 aliphatic rings. The van der Waals surface area contributed by atoms with Gasteiger partial charge in [-0.1, -0.05) is 6.42 Å². The van der Waals surface area contributed by atoms with E-state index in [2.05, 4.69) is 25.8 Å². The summed E-state index contributed by atoms with van der Waals surface area (Å²) in [5, 5.41) is 17.8. The Bertz CT molecular complexity index is 627. The van der Waals surface area contributed by atoms with Gasteiger partial charge < -0.3 is 9.55 Å². The molecule has 19 heavy (non-hydrogen) atoms. The molecule has 0 atom stereocenters. The molecular weight excluding hydrogens is 238 g/mol. The first-order chi connectivity index (χ1) is 9.38. The number of H-pyrrole nitrogens is 1. The number of rotatable bonds is 2. The van der Waals surface area contributed by atoms with Gasteiger partial charge in [-0.2, -0.15) is 5.26 Å². The molecule has 5 heteroatoms. The number of fused-ring (bicyclic) bond motifs is 1. The predicted octanol–water partition coefficient (Wildman–Crippen LogP) is 2.40. The number of aromatic amines is 1. The highest BCUT2D eigenvalue weighted by atomic mass is 15.3. The Hall–Kier alpha value is -2.35. The molecule has 96 valence electrons. The maximum absolute atomic E-state index is 9.36. The average molecular weight is 253 g/mol. The topological polar surface area (TPSA) is 70.3 Å². The molecule has 0 fully saturated rings. The summed E-state index contributed by atoms with van der Waals surface area (Å²) in [6, 6.07) is 6.07. The van der Waals surface area contributed by atoms with Gasteiger partial charge in [0.1, 0.15) is 11.9 Å². The molecule has 0 radical (unpaired) electrons. The van der Waals surface area contributed by atoms with E-state index >= 15 is 0 Å². The lowest BCUT2D eigenvalue weighted by molar-refractivity contribution is 0.627. The van der Waals surface area contributed by atoms with Crippen molar-refractivity contribution in [3.63, 3.8) is 0 Å². The van der Waals surface area contributed by atoms with Crippen LogP contribution in [0.25, 0.3) is 11.6 Å². The van der Waals surface area contributed by atoms with Crippen LogP contribution in [0.1, 0.15) is 36.6 Å². The third-order valence-electron chi connectivity index (χ3n) is 3.39. The van der Waals surface area contributed by atoms with Crippen LogP contribution < -0.4 is 0 Å². The molecule has 0 amide bonds. The fourth-order valence-corrected chi connectivity index (χ4v) is 2.42. The quantitative estimate of drug-likeness (QED) is 0.835. The standard InChI is InChI=1S/C14H15N5/c15-10-11(9-12-5-4-7-16-12)14-18-17-13-6-2-1-3-8-19(13)14/h4-5,7,9,16H,1-3,6,8H2. The highest BCUT2D eigenvalue weighted by Gasteiger charge is 2.17. The van der Waals surface area contributed by atoms with E-state index in [0.717, 1.165) is 37.3 Å². The molecule has 0 aliphatic carbocycles. The van der Waals surface area contributed by atoms with Gasteiger partial charge in [0.15, 0.2) is 5.82 Å². The smallest absolute Gasteiger partial charge is 0.174 e. The lowest BCUT2D eigenvalue weighted by Crippen LogP contribution is -2.05. The van der Waals surface area contributed by atoms with Gasteiger partial charge >= 0.3 is 0 Å². The van der Waals surface area contributed by atoms with Crippen molar-refractivity contribution in [2.45, 2.75) is 32.2 Å². The van der Waals surface area contributed by atoms with Crippen LogP contribution >= 0.6 is 0 Å². The van der Waals surface area contributed by atoms with Crippen molar-refractivity contribution >= 4 is 11.6 Å². The SMILES string of the molecule is N#CC(=Cc1ccc[nH]1)c1nnc2n1CCCCC2. The van der Waals surface area contributed by atoms with Gasteiger partial charge in [0.05, 0.1) is 5.57 Å². The molecule has 5 nitrogen and oxygen atoms in total. The lowest BCUT2D eigenvalue weighted by atomic mass is 10.2. The zero-order valence-corrected chi connectivity index (χ0v) is 10.6. The van der Waals surface area contributed by atoms with Crippen LogP contribution in [0, 0.1) is 11.3 Å². The maximum atomic E-state index is 9.36. The van der Waals surface area contributed by atoms with E-state index in [4.69, 9.17) is 0 Å². The minimum atomic E-state index is 0.558. The summed E-state index contributed by atoms with van der Waals surface area (Å²) in [4.78, 5) is 3.07. The molecule has 2 aromatic rings. The molecule has 0 spiro atoms. The molecule has 0 saturated heterocycles. The summed E-state index contributed by atoms with van der Waals surface area (Å²) in [7, 11) is 0. The van der Waals surface area contributed by atoms with E-state index in [1.54, 1.807) is 0 Å². The summed E-state index contributed by atoms with van der Waals surface area (Å²) >= 11 is 0. The first-order valence-corrected chi connectivity index (χ1v) is 6.56. The third kappa shape index (κ3) is 2.29. The number of nitrogens with one attached hydrogen (secondary N) is 1. The van der Waals surface area contributed by atoms with Crippen molar-refractivity contribution in [3.8, 4) is 6.07 Å². The van der Waals surface area contributed by atoms with Crippen LogP contribution in [-0.4, -0.2) is 19.7 Å². The van der Waals surface area contributed by atoms with E-state index < -0.39 is 0 Å². The molecule has 0 unspecified atom stereocenters. The number of hydrogen-bond acceptors (Lipinski definition) is 3. The molecule has 0 aromatic carbocycles. The number of aromatic nitrogens is 4. The minimum Gasteiger partial charge on any atom is -0.362 e. The zero-order chi connectivity index (χ0) is 13.1. The van der Waals surface area contributed by atoms with Crippen molar-refractivity contribution in [3.05, 3.63) is 35.7 Å². The molecule has 1 aliphatic heterocycles. The lowest BCUT2D eigenvalue weighted by Gasteiger charge is -2.05. The van der Waals surface area contributed by atoms with Crippen LogP contribution in [0.3, 0.4) is 0 Å². The van der Waals surface area contributed by atoms with Crippen molar-refractivity contribution in [1.29, 1.82) is 5.26 Å². The van der Waals surface area contributed by atoms with Gasteiger partial charge in [-0.3, -0.25) is 0 Å². The minimum absolute atomic E-state index is 0.558. The van der Waals surface area contributed by atoms with Gasteiger partial charge in [-0.05, 0) is 31.1 Å². The Kier molecular flexibility index (Phi) is 3.15. The van der Waals surface area contributed by atoms with Crippen molar-refractivity contribution < 1.29 is 0 Å². The van der Waals surface area contributed by atoms with Crippen LogP contribution in [0.5, 0.6) is 0 Å². The van der Waals surface area contributed by atoms with E-state index in [1.165, 1.54) is 6.42 Å². The number of nitrogens with zero attached hydrogens (tertiary/aromatic N) is 4. The van der Waals surface area contributed by atoms with Crippen LogP contribution in [0.15, 0.2) is 18.3 Å². The van der Waals surface area contributed by atoms with E-state index in [1.807, 2.05) is 24.4 Å². The van der Waals surface area contributed by atoms with Gasteiger partial charge in [0, 0.05) is 24.9 Å². The second-order valence-electron chi connectivity index (χ2n) is 4.70. The predicted molar refractivity (Wildman–Crippen MR) is 71.9 cm³/mol. The summed E-state index contributed by atoms with van der Waals surface area (Å²) in [5.41, 5.74) is 1.46. The molecule has 2 aromatic heterocycles. The number of hydrogen-bond donors (Lipinski definition) is 1. The number of allylic oxidation sites excluding steroid dienone is 1. The monoisotopic (exact) mass is 253 g/mol. The van der Waals surface area contributed by atoms with Crippen LogP contribution in [0.2, 0.25) is 0 Å². The fraction of sp³-hybridized carbons (Fsp3) is 0.357. The van der Waals surface area contributed by atoms with Gasteiger partial charge in [0.2, 0.25) is 0 Å². The van der Waals surface area contributed by atoms with Crippen LogP contribution in [-0.2, 0) is 13.0 Å². The second kappa shape index (κ2) is 5.11. The zero-order valence-electron chi connectivity index (χ0n) is 10.6. The van der Waals surface area contributed by atoms with Crippen LogP contribution in [0.4, 0.5) is 0 Å². The second-order valence-corrected chi connectivity index (χ2v) is 4.70. The van der Waals surface area contributed by atoms with Crippen molar-refractivity contribution in [2.75, 3.05) is 0 Å². The van der Waals surface area contributed by atoms with Gasteiger partial charge in [-0.15, -0.1) is 10.2 Å². The van der Waals surface area contributed by atoms with Crippen molar-refractivity contribution in [2.24, 2.45) is 0 Å². The molecule has 0 bridgehead atoms. The molecular formula is C14H15N5. The fourth-order valence-electron chi connectivity index (χ4n) is 2.42. The Balaban J connectivity index is 2.01. The first kappa shape index (κ1) is 11.7. The summed E-state index contributed by atoms with van der Waals surface area (Å²) in [6.45, 7) is 0.904. The molecule has 0 saturated carbocycles. The molecule has 3 heterocycles. The maximum Gasteiger partial charge on any atom is 0.174 e. The Morgan fingerprint density at radius 3 is 3.11 bits per heavy atom. The summed E-state index contributed by atoms with van der Waals surface area (Å²) in [5.74, 6) is 1.69. The molecule has 3 rings (SSSR count). The highest BCUT2D eigenvalue weighted by molar-refractivity contribution is 5.86. The van der Waals surface area contributed by atoms with Gasteiger partial charge in [-0.25, -0.2) is 0 Å². The molecule has 1 N–H and O–H groups in total. The summed E-state index contributed by atoms with van der Waals surface area (Å²) < 4.78 is 2.09. The number of aryl methyl sites for hydroxylation is 1. The summed E-state index contributed by atoms with van der Waals surface area (Å²) in [6.07, 6.45) is 8.10. The average Bonchev–Trinajstić information content (AvgIpc) is 3.01. The van der Waals surface area contributed by atoms with E-state index in [-0.39, 0.29) is 0 Å². The van der Waals surface area contributed by atoms with Gasteiger partial charge in [0.25, 0.3) is 0 Å².